The summed E-state index contributed by atoms with van der Waals surface area (Å²) >= 11 is 0. The van der Waals surface area contributed by atoms with Gasteiger partial charge in [0, 0.05) is 25.6 Å². The maximum Gasteiger partial charge on any atom is 0.224 e. The number of likely N-dealkylation sites (tertiary alicyclic amines) is 1. The number of benzene rings is 1. The average molecular weight is 276 g/mol. The van der Waals surface area contributed by atoms with E-state index in [0.29, 0.717) is 6.42 Å². The van der Waals surface area contributed by atoms with Crippen molar-refractivity contribution in [3.63, 3.8) is 0 Å². The molecule has 2 unspecified atom stereocenters. The zero-order valence-corrected chi connectivity index (χ0v) is 12.0. The van der Waals surface area contributed by atoms with Crippen molar-refractivity contribution in [1.82, 2.24) is 4.90 Å². The smallest absolute Gasteiger partial charge is 0.224 e. The summed E-state index contributed by atoms with van der Waals surface area (Å²) in [7, 11) is 0. The summed E-state index contributed by atoms with van der Waals surface area (Å²) in [6.45, 7) is 3.30. The van der Waals surface area contributed by atoms with Crippen LogP contribution in [0.15, 0.2) is 30.3 Å². The van der Waals surface area contributed by atoms with Gasteiger partial charge >= 0.3 is 0 Å². The van der Waals surface area contributed by atoms with Crippen LogP contribution in [0.2, 0.25) is 0 Å². The van der Waals surface area contributed by atoms with E-state index < -0.39 is 6.10 Å². The number of rotatable bonds is 4. The van der Waals surface area contributed by atoms with Crippen molar-refractivity contribution in [2.24, 2.45) is 11.7 Å². The quantitative estimate of drug-likeness (QED) is 0.879. The fraction of sp³-hybridized carbons (Fsp3) is 0.562. The normalized spacial score (nSPS) is 19.6. The third-order valence-electron chi connectivity index (χ3n) is 3.98. The Bertz CT molecular complexity index is 425. The Hall–Kier alpha value is -1.39. The number of amides is 1. The molecule has 0 spiro atoms. The molecule has 110 valence electrons. The Labute approximate surface area is 120 Å². The molecule has 1 aromatic carbocycles. The van der Waals surface area contributed by atoms with Crippen molar-refractivity contribution >= 4 is 5.91 Å². The lowest BCUT2D eigenvalue weighted by Crippen LogP contribution is -2.41. The van der Waals surface area contributed by atoms with Gasteiger partial charge in [-0.2, -0.15) is 0 Å². The van der Waals surface area contributed by atoms with Crippen molar-refractivity contribution in [2.75, 3.05) is 13.1 Å². The molecule has 1 aliphatic rings. The first-order valence-corrected chi connectivity index (χ1v) is 7.34. The van der Waals surface area contributed by atoms with Crippen molar-refractivity contribution in [1.29, 1.82) is 0 Å². The van der Waals surface area contributed by atoms with Crippen LogP contribution >= 0.6 is 0 Å². The molecule has 0 aromatic heterocycles. The highest BCUT2D eigenvalue weighted by Gasteiger charge is 2.28. The van der Waals surface area contributed by atoms with Crippen LogP contribution in [0.4, 0.5) is 0 Å². The van der Waals surface area contributed by atoms with Gasteiger partial charge in [0.25, 0.3) is 0 Å². The predicted molar refractivity (Wildman–Crippen MR) is 79.0 cm³/mol. The van der Waals surface area contributed by atoms with E-state index in [1.165, 1.54) is 0 Å². The first-order valence-electron chi connectivity index (χ1n) is 7.34. The Balaban J connectivity index is 1.87. The van der Waals surface area contributed by atoms with Gasteiger partial charge in [-0.05, 0) is 31.2 Å². The summed E-state index contributed by atoms with van der Waals surface area (Å²) in [4.78, 5) is 13.8. The number of piperidine rings is 1. The lowest BCUT2D eigenvalue weighted by atomic mass is 9.87. The van der Waals surface area contributed by atoms with Gasteiger partial charge in [0.2, 0.25) is 5.91 Å². The molecule has 1 saturated heterocycles. The molecule has 0 aliphatic carbocycles. The Morgan fingerprint density at radius 3 is 2.50 bits per heavy atom. The van der Waals surface area contributed by atoms with Crippen LogP contribution in [0.1, 0.15) is 37.9 Å². The maximum absolute atomic E-state index is 11.9. The number of aliphatic hydroxyl groups is 1. The minimum absolute atomic E-state index is 0.0878. The Morgan fingerprint density at radius 2 is 1.95 bits per heavy atom. The van der Waals surface area contributed by atoms with Crippen LogP contribution in [0.3, 0.4) is 0 Å². The number of nitrogens with two attached hydrogens (primary N) is 1. The molecule has 1 aromatic rings. The van der Waals surface area contributed by atoms with Gasteiger partial charge in [0.05, 0.1) is 6.10 Å². The Morgan fingerprint density at radius 1 is 1.35 bits per heavy atom. The van der Waals surface area contributed by atoms with Crippen molar-refractivity contribution in [3.05, 3.63) is 35.9 Å². The lowest BCUT2D eigenvalue weighted by molar-refractivity contribution is -0.133. The average Bonchev–Trinajstić information content (AvgIpc) is 2.47. The van der Waals surface area contributed by atoms with E-state index in [4.69, 9.17) is 5.73 Å². The monoisotopic (exact) mass is 276 g/mol. The zero-order chi connectivity index (χ0) is 14.5. The standard InChI is InChI=1S/C16H24N2O2/c1-12(17)11-15(19)18-9-7-14(8-10-18)16(20)13-5-3-2-4-6-13/h2-6,12,14,16,20H,7-11,17H2,1H3. The molecular formula is C16H24N2O2. The van der Waals surface area contributed by atoms with Gasteiger partial charge < -0.3 is 15.7 Å². The first-order chi connectivity index (χ1) is 9.58. The van der Waals surface area contributed by atoms with Gasteiger partial charge in [0.1, 0.15) is 0 Å². The van der Waals surface area contributed by atoms with Gasteiger partial charge in [-0.15, -0.1) is 0 Å². The van der Waals surface area contributed by atoms with E-state index in [-0.39, 0.29) is 17.9 Å². The summed E-state index contributed by atoms with van der Waals surface area (Å²) in [6.07, 6.45) is 1.68. The van der Waals surface area contributed by atoms with Crippen molar-refractivity contribution < 1.29 is 9.90 Å². The van der Waals surface area contributed by atoms with Crippen molar-refractivity contribution in [2.45, 2.75) is 38.3 Å². The molecule has 0 bridgehead atoms. The predicted octanol–water partition coefficient (Wildman–Crippen LogP) is 1.70. The van der Waals surface area contributed by atoms with E-state index >= 15 is 0 Å². The highest BCUT2D eigenvalue weighted by molar-refractivity contribution is 5.76. The number of aliphatic hydroxyl groups excluding tert-OH is 1. The van der Waals surface area contributed by atoms with Gasteiger partial charge in [-0.25, -0.2) is 0 Å². The lowest BCUT2D eigenvalue weighted by Gasteiger charge is -2.34. The summed E-state index contributed by atoms with van der Waals surface area (Å²) in [6, 6.07) is 9.66. The number of nitrogens with zero attached hydrogens (tertiary/aromatic N) is 1. The zero-order valence-electron chi connectivity index (χ0n) is 12.0. The fourth-order valence-corrected chi connectivity index (χ4v) is 2.79. The molecule has 0 saturated carbocycles. The molecule has 1 fully saturated rings. The van der Waals surface area contributed by atoms with E-state index in [2.05, 4.69) is 0 Å². The molecule has 4 heteroatoms. The minimum Gasteiger partial charge on any atom is -0.388 e. The second-order valence-corrected chi connectivity index (χ2v) is 5.76. The SMILES string of the molecule is CC(N)CC(=O)N1CCC(C(O)c2ccccc2)CC1. The van der Waals surface area contributed by atoms with Crippen LogP contribution in [-0.4, -0.2) is 35.0 Å². The third-order valence-corrected chi connectivity index (χ3v) is 3.98. The van der Waals surface area contributed by atoms with Crippen LogP contribution in [-0.2, 0) is 4.79 Å². The summed E-state index contributed by atoms with van der Waals surface area (Å²) < 4.78 is 0. The fourth-order valence-electron chi connectivity index (χ4n) is 2.79. The number of hydrogen-bond acceptors (Lipinski definition) is 3. The third kappa shape index (κ3) is 3.81. The number of carbonyl (C=O) groups is 1. The van der Waals surface area contributed by atoms with Gasteiger partial charge in [0.15, 0.2) is 0 Å². The van der Waals surface area contributed by atoms with E-state index in [9.17, 15) is 9.90 Å². The second-order valence-electron chi connectivity index (χ2n) is 5.76. The van der Waals surface area contributed by atoms with Crippen LogP contribution < -0.4 is 5.73 Å². The van der Waals surface area contributed by atoms with Gasteiger partial charge in [-0.3, -0.25) is 4.79 Å². The molecule has 1 heterocycles. The number of hydrogen-bond donors (Lipinski definition) is 2. The summed E-state index contributed by atoms with van der Waals surface area (Å²) in [5.74, 6) is 0.365. The first kappa shape index (κ1) is 15.0. The highest BCUT2D eigenvalue weighted by atomic mass is 16.3. The maximum atomic E-state index is 11.9. The molecule has 3 N–H and O–H groups in total. The second kappa shape index (κ2) is 6.86. The van der Waals surface area contributed by atoms with E-state index in [1.807, 2.05) is 42.2 Å². The van der Waals surface area contributed by atoms with Crippen LogP contribution in [0, 0.1) is 5.92 Å². The van der Waals surface area contributed by atoms with Gasteiger partial charge in [-0.1, -0.05) is 30.3 Å². The highest BCUT2D eigenvalue weighted by Crippen LogP contribution is 2.30. The molecule has 20 heavy (non-hydrogen) atoms. The van der Waals surface area contributed by atoms with E-state index in [1.54, 1.807) is 0 Å². The number of carbonyl (C=O) groups excluding carboxylic acids is 1. The minimum atomic E-state index is -0.429. The Kier molecular flexibility index (Phi) is 5.15. The van der Waals surface area contributed by atoms with E-state index in [0.717, 1.165) is 31.5 Å². The molecular weight excluding hydrogens is 252 g/mol. The molecule has 2 rings (SSSR count). The molecule has 0 radical (unpaired) electrons. The topological polar surface area (TPSA) is 66.6 Å². The summed E-state index contributed by atoms with van der Waals surface area (Å²) in [5.41, 5.74) is 6.63. The molecule has 4 nitrogen and oxygen atoms in total. The van der Waals surface area contributed by atoms with Crippen LogP contribution in [0.25, 0.3) is 0 Å². The van der Waals surface area contributed by atoms with Crippen molar-refractivity contribution in [3.8, 4) is 0 Å². The summed E-state index contributed by atoms with van der Waals surface area (Å²) in [5, 5.41) is 10.4. The molecule has 1 amide bonds. The largest absolute Gasteiger partial charge is 0.388 e. The molecule has 1 aliphatic heterocycles. The van der Waals surface area contributed by atoms with Crippen LogP contribution in [0.5, 0.6) is 0 Å². The molecule has 2 atom stereocenters.